The molecule has 0 radical (unpaired) electrons. The normalized spacial score (nSPS) is 13.7. The summed E-state index contributed by atoms with van der Waals surface area (Å²) < 4.78 is 5.28. The topological polar surface area (TPSA) is 105 Å². The van der Waals surface area contributed by atoms with Crippen LogP contribution in [0.1, 0.15) is 29.8 Å². The molecule has 1 aliphatic rings. The number of hydrogen-bond acceptors (Lipinski definition) is 4. The van der Waals surface area contributed by atoms with E-state index in [-0.39, 0.29) is 24.0 Å². The molecule has 0 atom stereocenters. The summed E-state index contributed by atoms with van der Waals surface area (Å²) in [5.74, 6) is 2.38. The maximum absolute atomic E-state index is 6.06. The number of aromatic nitrogens is 3. The Balaban J connectivity index is 0.00000210. The minimum Gasteiger partial charge on any atom is -0.461 e. The largest absolute Gasteiger partial charge is 0.461 e. The third-order valence-corrected chi connectivity index (χ3v) is 4.56. The fourth-order valence-corrected chi connectivity index (χ4v) is 3.28. The SMILES string of the molecule is I.NC(=NCCc1nc(-c2ccco2)n[nH]1)Nc1cccc2c1CCCC2. The maximum atomic E-state index is 6.06. The van der Waals surface area contributed by atoms with Crippen LogP contribution in [0.15, 0.2) is 46.0 Å². The van der Waals surface area contributed by atoms with Crippen molar-refractivity contribution in [2.24, 2.45) is 10.7 Å². The highest BCUT2D eigenvalue weighted by molar-refractivity contribution is 14.0. The van der Waals surface area contributed by atoms with Crippen LogP contribution < -0.4 is 11.1 Å². The van der Waals surface area contributed by atoms with E-state index in [0.717, 1.165) is 24.4 Å². The average molecular weight is 478 g/mol. The quantitative estimate of drug-likeness (QED) is 0.296. The standard InChI is InChI=1S/C19H22N6O.HI/c20-19(22-15-8-3-6-13-5-1-2-7-14(13)15)21-11-10-17-23-18(25-24-17)16-9-4-12-26-16;/h3-4,6,8-9,12H,1-2,5,7,10-11H2,(H3,20,21,22)(H,23,24,25);1H. The Bertz CT molecular complexity index is 903. The molecule has 0 saturated carbocycles. The predicted octanol–water partition coefficient (Wildman–Crippen LogP) is 3.53. The molecule has 0 amide bonds. The second kappa shape index (κ2) is 9.03. The van der Waals surface area contributed by atoms with E-state index in [1.165, 1.54) is 24.0 Å². The van der Waals surface area contributed by atoms with Crippen molar-refractivity contribution in [2.75, 3.05) is 11.9 Å². The van der Waals surface area contributed by atoms with E-state index in [9.17, 15) is 0 Å². The Morgan fingerprint density at radius 2 is 2.11 bits per heavy atom. The summed E-state index contributed by atoms with van der Waals surface area (Å²) in [6.07, 6.45) is 6.96. The predicted molar refractivity (Wildman–Crippen MR) is 116 cm³/mol. The number of rotatable bonds is 5. The summed E-state index contributed by atoms with van der Waals surface area (Å²) in [6, 6.07) is 9.98. The number of benzene rings is 1. The van der Waals surface area contributed by atoms with E-state index in [0.29, 0.717) is 30.5 Å². The summed E-state index contributed by atoms with van der Waals surface area (Å²) in [5, 5.41) is 10.3. The van der Waals surface area contributed by atoms with Gasteiger partial charge in [0, 0.05) is 18.7 Å². The molecule has 142 valence electrons. The fraction of sp³-hybridized carbons (Fsp3) is 0.316. The van der Waals surface area contributed by atoms with Gasteiger partial charge in [0.1, 0.15) is 5.82 Å². The van der Waals surface area contributed by atoms with E-state index in [1.54, 1.807) is 6.26 Å². The van der Waals surface area contributed by atoms with Gasteiger partial charge in [-0.25, -0.2) is 4.98 Å². The number of H-pyrrole nitrogens is 1. The first kappa shape index (κ1) is 19.4. The highest BCUT2D eigenvalue weighted by Crippen LogP contribution is 2.27. The molecule has 0 fully saturated rings. The number of anilines is 1. The number of furan rings is 1. The van der Waals surface area contributed by atoms with Gasteiger partial charge in [-0.05, 0) is 55.0 Å². The lowest BCUT2D eigenvalue weighted by Gasteiger charge is -2.19. The van der Waals surface area contributed by atoms with Gasteiger partial charge in [-0.15, -0.1) is 24.0 Å². The van der Waals surface area contributed by atoms with Crippen LogP contribution >= 0.6 is 24.0 Å². The summed E-state index contributed by atoms with van der Waals surface area (Å²) in [7, 11) is 0. The van der Waals surface area contributed by atoms with Crippen molar-refractivity contribution in [3.8, 4) is 11.6 Å². The van der Waals surface area contributed by atoms with Gasteiger partial charge in [0.05, 0.1) is 6.26 Å². The molecular formula is C19H23IN6O. The monoisotopic (exact) mass is 478 g/mol. The zero-order valence-electron chi connectivity index (χ0n) is 14.9. The first-order valence-corrected chi connectivity index (χ1v) is 8.92. The lowest BCUT2D eigenvalue weighted by Crippen LogP contribution is -2.24. The number of nitrogens with two attached hydrogens (primary N) is 1. The summed E-state index contributed by atoms with van der Waals surface area (Å²) in [5.41, 5.74) is 9.92. The van der Waals surface area contributed by atoms with E-state index in [4.69, 9.17) is 10.2 Å². The van der Waals surface area contributed by atoms with Crippen LogP contribution in [0.25, 0.3) is 11.6 Å². The number of aryl methyl sites for hydroxylation is 1. The van der Waals surface area contributed by atoms with E-state index in [2.05, 4.69) is 43.7 Å². The van der Waals surface area contributed by atoms with E-state index < -0.39 is 0 Å². The third kappa shape index (κ3) is 4.68. The van der Waals surface area contributed by atoms with Crippen LogP contribution in [-0.2, 0) is 19.3 Å². The van der Waals surface area contributed by atoms with Crippen molar-refractivity contribution in [1.82, 2.24) is 15.2 Å². The van der Waals surface area contributed by atoms with Gasteiger partial charge in [0.25, 0.3) is 0 Å². The van der Waals surface area contributed by atoms with Gasteiger partial charge >= 0.3 is 0 Å². The highest BCUT2D eigenvalue weighted by atomic mass is 127. The smallest absolute Gasteiger partial charge is 0.216 e. The van der Waals surface area contributed by atoms with Gasteiger partial charge in [0.2, 0.25) is 5.82 Å². The molecule has 8 heteroatoms. The first-order valence-electron chi connectivity index (χ1n) is 8.92. The van der Waals surface area contributed by atoms with Gasteiger partial charge in [0.15, 0.2) is 11.7 Å². The molecule has 1 aliphatic carbocycles. The van der Waals surface area contributed by atoms with Crippen LogP contribution in [0.5, 0.6) is 0 Å². The molecule has 27 heavy (non-hydrogen) atoms. The number of halogens is 1. The molecule has 7 nitrogen and oxygen atoms in total. The molecule has 0 saturated heterocycles. The molecule has 0 bridgehead atoms. The fourth-order valence-electron chi connectivity index (χ4n) is 3.28. The molecule has 4 N–H and O–H groups in total. The zero-order chi connectivity index (χ0) is 17.8. The number of fused-ring (bicyclic) bond motifs is 1. The van der Waals surface area contributed by atoms with Crippen molar-refractivity contribution in [2.45, 2.75) is 32.1 Å². The van der Waals surface area contributed by atoms with Crippen molar-refractivity contribution in [3.63, 3.8) is 0 Å². The second-order valence-corrected chi connectivity index (χ2v) is 6.38. The summed E-state index contributed by atoms with van der Waals surface area (Å²) in [6.45, 7) is 0.528. The van der Waals surface area contributed by atoms with Gasteiger partial charge in [-0.3, -0.25) is 10.1 Å². The molecular weight excluding hydrogens is 455 g/mol. The van der Waals surface area contributed by atoms with Crippen molar-refractivity contribution in [3.05, 3.63) is 53.5 Å². The van der Waals surface area contributed by atoms with Gasteiger partial charge in [-0.2, -0.15) is 5.10 Å². The van der Waals surface area contributed by atoms with Crippen LogP contribution in [0.4, 0.5) is 5.69 Å². The van der Waals surface area contributed by atoms with Crippen LogP contribution in [0.2, 0.25) is 0 Å². The lowest BCUT2D eigenvalue weighted by atomic mass is 9.90. The molecule has 4 rings (SSSR count). The Hall–Kier alpha value is -2.36. The van der Waals surface area contributed by atoms with Crippen molar-refractivity contribution in [1.29, 1.82) is 0 Å². The van der Waals surface area contributed by atoms with Crippen molar-refractivity contribution < 1.29 is 4.42 Å². The minimum absolute atomic E-state index is 0. The zero-order valence-corrected chi connectivity index (χ0v) is 17.3. The third-order valence-electron chi connectivity index (χ3n) is 4.56. The maximum Gasteiger partial charge on any atom is 0.216 e. The number of aliphatic imine (C=N–C) groups is 1. The molecule has 0 spiro atoms. The number of nitrogens with one attached hydrogen (secondary N) is 2. The Kier molecular flexibility index (Phi) is 6.49. The highest BCUT2D eigenvalue weighted by Gasteiger charge is 2.13. The van der Waals surface area contributed by atoms with Crippen LogP contribution in [0.3, 0.4) is 0 Å². The summed E-state index contributed by atoms with van der Waals surface area (Å²) >= 11 is 0. The second-order valence-electron chi connectivity index (χ2n) is 6.38. The van der Waals surface area contributed by atoms with Gasteiger partial charge < -0.3 is 15.5 Å². The molecule has 1 aromatic carbocycles. The van der Waals surface area contributed by atoms with Crippen molar-refractivity contribution >= 4 is 35.6 Å². The molecule has 2 heterocycles. The number of hydrogen-bond donors (Lipinski definition) is 3. The molecule has 2 aromatic heterocycles. The lowest BCUT2D eigenvalue weighted by molar-refractivity contribution is 0.577. The Morgan fingerprint density at radius 3 is 2.96 bits per heavy atom. The molecule has 0 unspecified atom stereocenters. The first-order chi connectivity index (χ1) is 12.8. The van der Waals surface area contributed by atoms with E-state index >= 15 is 0 Å². The average Bonchev–Trinajstić information content (AvgIpc) is 3.34. The number of guanidine groups is 1. The minimum atomic E-state index is 0. The van der Waals surface area contributed by atoms with Gasteiger partial charge in [-0.1, -0.05) is 12.1 Å². The molecule has 0 aliphatic heterocycles. The summed E-state index contributed by atoms with van der Waals surface area (Å²) in [4.78, 5) is 8.81. The number of aromatic amines is 1. The van der Waals surface area contributed by atoms with Crippen LogP contribution in [-0.4, -0.2) is 27.7 Å². The number of nitrogens with zero attached hydrogens (tertiary/aromatic N) is 3. The van der Waals surface area contributed by atoms with E-state index in [1.807, 2.05) is 12.1 Å². The molecule has 3 aromatic rings. The van der Waals surface area contributed by atoms with Crippen LogP contribution in [0, 0.1) is 0 Å². The Morgan fingerprint density at radius 1 is 1.22 bits per heavy atom. The Labute approximate surface area is 174 Å².